The lowest BCUT2D eigenvalue weighted by atomic mass is 9.94. The van der Waals surface area contributed by atoms with E-state index < -0.39 is 0 Å². The molecule has 6 heteroatoms. The van der Waals surface area contributed by atoms with Crippen LogP contribution in [0.25, 0.3) is 10.9 Å². The van der Waals surface area contributed by atoms with Gasteiger partial charge in [0.2, 0.25) is 0 Å². The lowest BCUT2D eigenvalue weighted by molar-refractivity contribution is 0.0236. The van der Waals surface area contributed by atoms with Crippen molar-refractivity contribution in [3.05, 3.63) is 69.3 Å². The van der Waals surface area contributed by atoms with Crippen LogP contribution >= 0.6 is 27.5 Å². The monoisotopic (exact) mass is 432 g/mol. The van der Waals surface area contributed by atoms with Crippen molar-refractivity contribution in [2.45, 2.75) is 6.04 Å². The van der Waals surface area contributed by atoms with Crippen LogP contribution in [0.2, 0.25) is 5.02 Å². The Morgan fingerprint density at radius 2 is 1.88 bits per heavy atom. The van der Waals surface area contributed by atoms with Crippen molar-refractivity contribution in [2.75, 3.05) is 26.3 Å². The first kappa shape index (κ1) is 17.7. The number of benzene rings is 2. The molecular weight excluding hydrogens is 416 g/mol. The van der Waals surface area contributed by atoms with Gasteiger partial charge in [0.15, 0.2) is 0 Å². The molecule has 1 fully saturated rings. The maximum atomic E-state index is 11.0. The summed E-state index contributed by atoms with van der Waals surface area (Å²) in [6.45, 7) is 2.93. The van der Waals surface area contributed by atoms with E-state index in [1.165, 1.54) is 0 Å². The fourth-order valence-electron chi connectivity index (χ4n) is 3.48. The molecule has 0 amide bonds. The maximum Gasteiger partial charge on any atom is 0.147 e. The first-order chi connectivity index (χ1) is 12.6. The molecule has 2 heterocycles. The van der Waals surface area contributed by atoms with Crippen molar-refractivity contribution >= 4 is 38.4 Å². The van der Waals surface area contributed by atoms with Crippen LogP contribution in [0.4, 0.5) is 0 Å². The molecule has 0 bridgehead atoms. The van der Waals surface area contributed by atoms with E-state index in [9.17, 15) is 5.11 Å². The Morgan fingerprint density at radius 1 is 1.15 bits per heavy atom. The van der Waals surface area contributed by atoms with Gasteiger partial charge in [-0.15, -0.1) is 0 Å². The van der Waals surface area contributed by atoms with Crippen molar-refractivity contribution < 1.29 is 9.84 Å². The van der Waals surface area contributed by atoms with E-state index in [4.69, 9.17) is 16.3 Å². The van der Waals surface area contributed by atoms with E-state index in [-0.39, 0.29) is 11.8 Å². The second-order valence-corrected chi connectivity index (χ2v) is 7.62. The highest BCUT2D eigenvalue weighted by Gasteiger charge is 2.28. The quantitative estimate of drug-likeness (QED) is 0.646. The van der Waals surface area contributed by atoms with Gasteiger partial charge in [-0.05, 0) is 35.9 Å². The van der Waals surface area contributed by atoms with Crippen LogP contribution in [-0.2, 0) is 4.74 Å². The molecule has 0 radical (unpaired) electrons. The summed E-state index contributed by atoms with van der Waals surface area (Å²) in [4.78, 5) is 6.66. The van der Waals surface area contributed by atoms with Crippen molar-refractivity contribution in [1.29, 1.82) is 0 Å². The molecule has 1 N–H and O–H groups in total. The highest BCUT2D eigenvalue weighted by atomic mass is 79.9. The number of aromatic hydroxyl groups is 1. The number of fused-ring (bicyclic) bond motifs is 1. The van der Waals surface area contributed by atoms with Gasteiger partial charge in [-0.25, -0.2) is 0 Å². The van der Waals surface area contributed by atoms with Gasteiger partial charge < -0.3 is 9.84 Å². The fraction of sp³-hybridized carbons (Fsp3) is 0.250. The molecule has 1 atom stereocenters. The van der Waals surface area contributed by atoms with Gasteiger partial charge in [0.1, 0.15) is 11.3 Å². The number of hydrogen-bond donors (Lipinski definition) is 1. The standard InChI is InChI=1S/C20H18BrClN2O2/c21-14-5-3-13(4-6-14)19(24-8-10-26-11-9-24)16-12-17(22)15-2-1-7-23-18(15)20(16)25/h1-7,12,19,25H,8-11H2/t19-/m0/s1. The van der Waals surface area contributed by atoms with Crippen LogP contribution < -0.4 is 0 Å². The molecule has 0 aliphatic carbocycles. The highest BCUT2D eigenvalue weighted by molar-refractivity contribution is 9.10. The van der Waals surface area contributed by atoms with Crippen LogP contribution in [0.3, 0.4) is 0 Å². The number of aromatic nitrogens is 1. The summed E-state index contributed by atoms with van der Waals surface area (Å²) < 4.78 is 6.53. The first-order valence-corrected chi connectivity index (χ1v) is 9.65. The van der Waals surface area contributed by atoms with Gasteiger partial charge in [0.05, 0.1) is 24.3 Å². The Balaban J connectivity index is 1.89. The zero-order valence-corrected chi connectivity index (χ0v) is 16.4. The summed E-state index contributed by atoms with van der Waals surface area (Å²) in [5.41, 5.74) is 2.40. The second kappa shape index (κ2) is 7.53. The Morgan fingerprint density at radius 3 is 2.62 bits per heavy atom. The molecule has 4 nitrogen and oxygen atoms in total. The Kier molecular flexibility index (Phi) is 5.14. The molecule has 26 heavy (non-hydrogen) atoms. The molecule has 4 rings (SSSR count). The summed E-state index contributed by atoms with van der Waals surface area (Å²) in [6, 6.07) is 13.6. The third kappa shape index (κ3) is 3.32. The zero-order chi connectivity index (χ0) is 18.1. The molecule has 0 unspecified atom stereocenters. The van der Waals surface area contributed by atoms with Gasteiger partial charge in [-0.3, -0.25) is 9.88 Å². The number of hydrogen-bond acceptors (Lipinski definition) is 4. The summed E-state index contributed by atoms with van der Waals surface area (Å²) in [7, 11) is 0. The molecule has 1 saturated heterocycles. The summed E-state index contributed by atoms with van der Waals surface area (Å²) in [5.74, 6) is 0.185. The fourth-order valence-corrected chi connectivity index (χ4v) is 4.02. The summed E-state index contributed by atoms with van der Waals surface area (Å²) >= 11 is 10.0. The number of ether oxygens (including phenoxy) is 1. The Bertz CT molecular complexity index is 927. The number of phenols is 1. The molecule has 0 saturated carbocycles. The first-order valence-electron chi connectivity index (χ1n) is 8.48. The number of nitrogens with zero attached hydrogens (tertiary/aromatic N) is 2. The predicted octanol–water partition coefficient (Wildman–Crippen LogP) is 4.78. The molecule has 0 spiro atoms. The molecule has 1 aliphatic rings. The molecular formula is C20H18BrClN2O2. The summed E-state index contributed by atoms with van der Waals surface area (Å²) in [5, 5.41) is 12.4. The minimum Gasteiger partial charge on any atom is -0.505 e. The summed E-state index contributed by atoms with van der Waals surface area (Å²) in [6.07, 6.45) is 1.67. The molecule has 1 aliphatic heterocycles. The van der Waals surface area contributed by atoms with E-state index >= 15 is 0 Å². The van der Waals surface area contributed by atoms with Crippen LogP contribution in [-0.4, -0.2) is 41.3 Å². The topological polar surface area (TPSA) is 45.6 Å². The third-order valence-corrected chi connectivity index (χ3v) is 5.58. The molecule has 3 aromatic rings. The number of rotatable bonds is 3. The minimum absolute atomic E-state index is 0.115. The highest BCUT2D eigenvalue weighted by Crippen LogP contribution is 2.41. The SMILES string of the molecule is Oc1c([C@H](c2ccc(Br)cc2)N2CCOCC2)cc(Cl)c2cccnc12. The smallest absolute Gasteiger partial charge is 0.147 e. The lowest BCUT2D eigenvalue weighted by Gasteiger charge is -2.35. The number of phenolic OH excluding ortho intramolecular Hbond substituents is 1. The number of halogens is 2. The van der Waals surface area contributed by atoms with E-state index in [2.05, 4.69) is 37.9 Å². The van der Waals surface area contributed by atoms with Gasteiger partial charge >= 0.3 is 0 Å². The van der Waals surface area contributed by atoms with Crippen molar-refractivity contribution in [2.24, 2.45) is 0 Å². The maximum absolute atomic E-state index is 11.0. The normalized spacial score (nSPS) is 16.7. The van der Waals surface area contributed by atoms with E-state index in [1.807, 2.05) is 30.3 Å². The van der Waals surface area contributed by atoms with Gasteiger partial charge in [0, 0.05) is 34.7 Å². The van der Waals surface area contributed by atoms with Crippen molar-refractivity contribution in [3.8, 4) is 5.75 Å². The van der Waals surface area contributed by atoms with Crippen LogP contribution in [0.15, 0.2) is 53.1 Å². The van der Waals surface area contributed by atoms with Crippen LogP contribution in [0.5, 0.6) is 5.75 Å². The van der Waals surface area contributed by atoms with Gasteiger partial charge in [0.25, 0.3) is 0 Å². The Hall–Kier alpha value is -1.66. The van der Waals surface area contributed by atoms with Crippen LogP contribution in [0, 0.1) is 0 Å². The predicted molar refractivity (Wildman–Crippen MR) is 107 cm³/mol. The molecule has 2 aromatic carbocycles. The minimum atomic E-state index is -0.115. The number of pyridine rings is 1. The van der Waals surface area contributed by atoms with Crippen LogP contribution in [0.1, 0.15) is 17.2 Å². The lowest BCUT2D eigenvalue weighted by Crippen LogP contribution is -2.39. The largest absolute Gasteiger partial charge is 0.505 e. The van der Waals surface area contributed by atoms with E-state index in [0.29, 0.717) is 23.8 Å². The Labute approximate surface area is 165 Å². The number of morpholine rings is 1. The molecule has 1 aromatic heterocycles. The van der Waals surface area contributed by atoms with E-state index in [1.54, 1.807) is 6.20 Å². The van der Waals surface area contributed by atoms with Crippen molar-refractivity contribution in [3.63, 3.8) is 0 Å². The van der Waals surface area contributed by atoms with Gasteiger partial charge in [-0.1, -0.05) is 39.7 Å². The van der Waals surface area contributed by atoms with Crippen molar-refractivity contribution in [1.82, 2.24) is 9.88 Å². The van der Waals surface area contributed by atoms with E-state index in [0.717, 1.165) is 34.1 Å². The third-order valence-electron chi connectivity index (χ3n) is 4.74. The second-order valence-electron chi connectivity index (χ2n) is 6.30. The molecule has 134 valence electrons. The zero-order valence-electron chi connectivity index (χ0n) is 14.0. The average molecular weight is 434 g/mol. The van der Waals surface area contributed by atoms with Gasteiger partial charge in [-0.2, -0.15) is 0 Å². The average Bonchev–Trinajstić information content (AvgIpc) is 2.68.